The highest BCUT2D eigenvalue weighted by Crippen LogP contribution is 2.31. The minimum atomic E-state index is -0.434. The van der Waals surface area contributed by atoms with E-state index in [1.54, 1.807) is 24.3 Å². The number of amides is 1. The molecule has 0 aliphatic carbocycles. The fourth-order valence-corrected chi connectivity index (χ4v) is 4.68. The zero-order chi connectivity index (χ0) is 20.4. The number of piperidine rings is 1. The molecule has 4 rings (SSSR count). The Kier molecular flexibility index (Phi) is 5.44. The molecule has 0 saturated carbocycles. The molecular formula is C21H22N4O3S. The van der Waals surface area contributed by atoms with Crippen LogP contribution in [0.5, 0.6) is 0 Å². The van der Waals surface area contributed by atoms with E-state index in [4.69, 9.17) is 4.98 Å². The van der Waals surface area contributed by atoms with Gasteiger partial charge in [0.1, 0.15) is 0 Å². The largest absolute Gasteiger partial charge is 0.352 e. The summed E-state index contributed by atoms with van der Waals surface area (Å²) in [5, 5.41) is 15.0. The van der Waals surface area contributed by atoms with Gasteiger partial charge in [0.25, 0.3) is 11.6 Å². The number of nitrogens with one attached hydrogen (secondary N) is 1. The average Bonchev–Trinajstić information content (AvgIpc) is 3.16. The SMILES string of the molecule is Cc1cc(C(=O)NCC2CCN(c3nc4ccccc4s3)CC2)ccc1[N+](=O)[O-]. The van der Waals surface area contributed by atoms with Gasteiger partial charge in [-0.05, 0) is 49.9 Å². The predicted molar refractivity (Wildman–Crippen MR) is 115 cm³/mol. The number of rotatable bonds is 5. The van der Waals surface area contributed by atoms with Crippen LogP contribution in [-0.4, -0.2) is 35.4 Å². The zero-order valence-electron chi connectivity index (χ0n) is 16.1. The van der Waals surface area contributed by atoms with Gasteiger partial charge in [0.2, 0.25) is 0 Å². The van der Waals surface area contributed by atoms with Gasteiger partial charge in [-0.3, -0.25) is 14.9 Å². The van der Waals surface area contributed by atoms with Gasteiger partial charge in [-0.2, -0.15) is 0 Å². The molecule has 2 heterocycles. The van der Waals surface area contributed by atoms with Gasteiger partial charge < -0.3 is 10.2 Å². The van der Waals surface area contributed by atoms with E-state index in [2.05, 4.69) is 16.3 Å². The number of nitrogens with zero attached hydrogens (tertiary/aromatic N) is 3. The normalized spacial score (nSPS) is 14.9. The number of para-hydroxylation sites is 1. The Morgan fingerprint density at radius 1 is 1.28 bits per heavy atom. The number of carbonyl (C=O) groups is 1. The Balaban J connectivity index is 1.30. The molecule has 2 aromatic carbocycles. The van der Waals surface area contributed by atoms with Crippen LogP contribution in [0.3, 0.4) is 0 Å². The Bertz CT molecular complexity index is 1020. The number of hydrogen-bond donors (Lipinski definition) is 1. The highest BCUT2D eigenvalue weighted by atomic mass is 32.1. The first-order valence-electron chi connectivity index (χ1n) is 9.65. The summed E-state index contributed by atoms with van der Waals surface area (Å²) in [6.07, 6.45) is 1.99. The number of carbonyl (C=O) groups excluding carboxylic acids is 1. The molecule has 29 heavy (non-hydrogen) atoms. The van der Waals surface area contributed by atoms with Crippen LogP contribution in [0.25, 0.3) is 10.2 Å². The number of fused-ring (bicyclic) bond motifs is 1. The maximum atomic E-state index is 12.4. The maximum Gasteiger partial charge on any atom is 0.272 e. The lowest BCUT2D eigenvalue weighted by molar-refractivity contribution is -0.385. The molecule has 0 unspecified atom stereocenters. The van der Waals surface area contributed by atoms with Gasteiger partial charge in [-0.1, -0.05) is 23.5 Å². The first kappa shape index (κ1) is 19.3. The number of nitro benzene ring substituents is 1. The molecule has 0 spiro atoms. The number of nitro groups is 1. The molecular weight excluding hydrogens is 388 g/mol. The molecule has 7 nitrogen and oxygen atoms in total. The van der Waals surface area contributed by atoms with Gasteiger partial charge in [-0.25, -0.2) is 4.98 Å². The van der Waals surface area contributed by atoms with Gasteiger partial charge in [0.05, 0.1) is 15.1 Å². The predicted octanol–water partition coefficient (Wildman–Crippen LogP) is 4.16. The molecule has 1 aliphatic heterocycles. The molecule has 3 aromatic rings. The standard InChI is InChI=1S/C21H22N4O3S/c1-14-12-16(6-7-18(14)25(27)28)20(26)22-13-15-8-10-24(11-9-15)21-23-17-4-2-3-5-19(17)29-21/h2-7,12,15H,8-11,13H2,1H3,(H,22,26). The zero-order valence-corrected chi connectivity index (χ0v) is 16.9. The van der Waals surface area contributed by atoms with E-state index in [0.717, 1.165) is 36.6 Å². The summed E-state index contributed by atoms with van der Waals surface area (Å²) >= 11 is 1.72. The van der Waals surface area contributed by atoms with E-state index < -0.39 is 4.92 Å². The Labute approximate surface area is 172 Å². The van der Waals surface area contributed by atoms with E-state index in [9.17, 15) is 14.9 Å². The van der Waals surface area contributed by atoms with Crippen molar-refractivity contribution in [2.24, 2.45) is 5.92 Å². The second-order valence-electron chi connectivity index (χ2n) is 7.36. The van der Waals surface area contributed by atoms with Crippen LogP contribution in [0.15, 0.2) is 42.5 Å². The third-order valence-electron chi connectivity index (χ3n) is 5.37. The van der Waals surface area contributed by atoms with Crippen LogP contribution in [0.4, 0.5) is 10.8 Å². The molecule has 0 atom stereocenters. The number of hydrogen-bond acceptors (Lipinski definition) is 6. The summed E-state index contributed by atoms with van der Waals surface area (Å²) in [5.41, 5.74) is 2.02. The monoisotopic (exact) mass is 410 g/mol. The first-order chi connectivity index (χ1) is 14.0. The van der Waals surface area contributed by atoms with Crippen molar-refractivity contribution in [3.8, 4) is 0 Å². The maximum absolute atomic E-state index is 12.4. The van der Waals surface area contributed by atoms with Crippen molar-refractivity contribution >= 4 is 38.3 Å². The topological polar surface area (TPSA) is 88.4 Å². The van der Waals surface area contributed by atoms with Gasteiger partial charge in [0.15, 0.2) is 5.13 Å². The molecule has 1 saturated heterocycles. The fraction of sp³-hybridized carbons (Fsp3) is 0.333. The third-order valence-corrected chi connectivity index (χ3v) is 6.47. The molecule has 1 aromatic heterocycles. The molecule has 8 heteroatoms. The van der Waals surface area contributed by atoms with Crippen molar-refractivity contribution in [3.05, 3.63) is 63.7 Å². The minimum absolute atomic E-state index is 0.0313. The minimum Gasteiger partial charge on any atom is -0.352 e. The molecule has 0 bridgehead atoms. The third kappa shape index (κ3) is 4.22. The van der Waals surface area contributed by atoms with Gasteiger partial charge >= 0.3 is 0 Å². The van der Waals surface area contributed by atoms with Crippen molar-refractivity contribution in [1.29, 1.82) is 0 Å². The quantitative estimate of drug-likeness (QED) is 0.504. The van der Waals surface area contributed by atoms with Gasteiger partial charge in [0, 0.05) is 36.8 Å². The van der Waals surface area contributed by atoms with Crippen LogP contribution in [0, 0.1) is 23.0 Å². The second kappa shape index (κ2) is 8.16. The molecule has 1 N–H and O–H groups in total. The smallest absolute Gasteiger partial charge is 0.272 e. The fourth-order valence-electron chi connectivity index (χ4n) is 3.66. The Hall–Kier alpha value is -3.00. The van der Waals surface area contributed by atoms with Crippen LogP contribution in [-0.2, 0) is 0 Å². The van der Waals surface area contributed by atoms with Crippen molar-refractivity contribution in [3.63, 3.8) is 0 Å². The highest BCUT2D eigenvalue weighted by Gasteiger charge is 2.22. The van der Waals surface area contributed by atoms with Crippen LogP contribution in [0.2, 0.25) is 0 Å². The molecule has 1 amide bonds. The lowest BCUT2D eigenvalue weighted by atomic mass is 9.97. The Morgan fingerprint density at radius 3 is 2.72 bits per heavy atom. The van der Waals surface area contributed by atoms with Crippen LogP contribution < -0.4 is 10.2 Å². The van der Waals surface area contributed by atoms with E-state index >= 15 is 0 Å². The van der Waals surface area contributed by atoms with E-state index in [1.165, 1.54) is 16.8 Å². The summed E-state index contributed by atoms with van der Waals surface area (Å²) in [6, 6.07) is 12.6. The summed E-state index contributed by atoms with van der Waals surface area (Å²) in [6.45, 7) is 4.11. The summed E-state index contributed by atoms with van der Waals surface area (Å²) < 4.78 is 1.20. The van der Waals surface area contributed by atoms with E-state index in [-0.39, 0.29) is 11.6 Å². The molecule has 1 aliphatic rings. The Morgan fingerprint density at radius 2 is 2.03 bits per heavy atom. The van der Waals surface area contributed by atoms with Crippen LogP contribution >= 0.6 is 11.3 Å². The second-order valence-corrected chi connectivity index (χ2v) is 8.37. The van der Waals surface area contributed by atoms with E-state index in [1.807, 2.05) is 18.2 Å². The number of aryl methyl sites for hydroxylation is 1. The molecule has 150 valence electrons. The van der Waals surface area contributed by atoms with Crippen molar-refractivity contribution in [1.82, 2.24) is 10.3 Å². The lowest BCUT2D eigenvalue weighted by Gasteiger charge is -2.31. The summed E-state index contributed by atoms with van der Waals surface area (Å²) in [7, 11) is 0. The van der Waals surface area contributed by atoms with E-state index in [0.29, 0.717) is 23.6 Å². The summed E-state index contributed by atoms with van der Waals surface area (Å²) in [5.74, 6) is 0.236. The van der Waals surface area contributed by atoms with Crippen molar-refractivity contribution in [2.45, 2.75) is 19.8 Å². The molecule has 0 radical (unpaired) electrons. The summed E-state index contributed by atoms with van der Waals surface area (Å²) in [4.78, 5) is 29.9. The van der Waals surface area contributed by atoms with Crippen LogP contribution in [0.1, 0.15) is 28.8 Å². The molecule has 1 fully saturated rings. The highest BCUT2D eigenvalue weighted by molar-refractivity contribution is 7.22. The number of anilines is 1. The van der Waals surface area contributed by atoms with Crippen molar-refractivity contribution < 1.29 is 9.72 Å². The number of benzene rings is 2. The average molecular weight is 410 g/mol. The van der Waals surface area contributed by atoms with Gasteiger partial charge in [-0.15, -0.1) is 0 Å². The first-order valence-corrected chi connectivity index (χ1v) is 10.5. The lowest BCUT2D eigenvalue weighted by Crippen LogP contribution is -2.38. The number of thiazole rings is 1. The van der Waals surface area contributed by atoms with Crippen molar-refractivity contribution in [2.75, 3.05) is 24.5 Å². The number of aromatic nitrogens is 1.